The van der Waals surface area contributed by atoms with E-state index < -0.39 is 0 Å². The molecule has 0 atom stereocenters. The third-order valence-corrected chi connectivity index (χ3v) is 5.83. The number of carbonyl (C=O) groups is 1. The van der Waals surface area contributed by atoms with Gasteiger partial charge in [0, 0.05) is 37.3 Å². The maximum Gasteiger partial charge on any atom is 0.251 e. The number of nitrogens with zero attached hydrogens (tertiary/aromatic N) is 3. The third-order valence-electron chi connectivity index (χ3n) is 5.83. The van der Waals surface area contributed by atoms with Gasteiger partial charge in [0.25, 0.3) is 5.91 Å². The first-order valence-corrected chi connectivity index (χ1v) is 13.6. The molecule has 2 heterocycles. The van der Waals surface area contributed by atoms with E-state index in [1.54, 1.807) is 12.1 Å². The maximum absolute atomic E-state index is 12.0. The molecule has 3 aromatic rings. The van der Waals surface area contributed by atoms with Gasteiger partial charge in [-0.05, 0) is 24.6 Å². The van der Waals surface area contributed by atoms with Crippen molar-refractivity contribution in [2.24, 2.45) is 0 Å². The van der Waals surface area contributed by atoms with E-state index in [-0.39, 0.29) is 12.7 Å². The second-order valence-electron chi connectivity index (χ2n) is 8.86. The number of aromatic nitrogens is 3. The lowest BCUT2D eigenvalue weighted by Gasteiger charge is -2.12. The van der Waals surface area contributed by atoms with Gasteiger partial charge in [-0.3, -0.25) is 4.79 Å². The Balaban J connectivity index is 1.15. The predicted octanol–water partition coefficient (Wildman–Crippen LogP) is 3.30. The molecule has 1 aromatic heterocycles. The summed E-state index contributed by atoms with van der Waals surface area (Å²) in [6, 6.07) is 14.9. The quantitative estimate of drug-likeness (QED) is 0.173. The summed E-state index contributed by atoms with van der Waals surface area (Å²) in [5.74, 6) is 2.76. The SMILES string of the molecule is CCCCNc1nc(NCCOCCOCCNC(=O)c2ccccc2)nc(NCc2cccc3c2OCO3)n1. The molecule has 0 radical (unpaired) electrons. The number of fused-ring (bicyclic) bond motifs is 1. The van der Waals surface area contributed by atoms with Crippen LogP contribution in [0, 0.1) is 0 Å². The van der Waals surface area contributed by atoms with Crippen LogP contribution in [0.5, 0.6) is 11.5 Å². The van der Waals surface area contributed by atoms with E-state index in [1.165, 1.54) is 0 Å². The van der Waals surface area contributed by atoms with Crippen LogP contribution in [0.15, 0.2) is 48.5 Å². The number of anilines is 3. The fraction of sp³-hybridized carbons (Fsp3) is 0.429. The van der Waals surface area contributed by atoms with Gasteiger partial charge in [-0.15, -0.1) is 0 Å². The van der Waals surface area contributed by atoms with Crippen molar-refractivity contribution in [2.75, 3.05) is 68.8 Å². The van der Waals surface area contributed by atoms with E-state index in [0.717, 1.165) is 36.4 Å². The van der Waals surface area contributed by atoms with E-state index in [9.17, 15) is 4.79 Å². The summed E-state index contributed by atoms with van der Waals surface area (Å²) in [6.07, 6.45) is 2.08. The maximum atomic E-state index is 12.0. The molecule has 0 bridgehead atoms. The summed E-state index contributed by atoms with van der Waals surface area (Å²) < 4.78 is 22.2. The Kier molecular flexibility index (Phi) is 11.6. The van der Waals surface area contributed by atoms with E-state index in [4.69, 9.17) is 18.9 Å². The molecule has 4 N–H and O–H groups in total. The van der Waals surface area contributed by atoms with Gasteiger partial charge in [0.05, 0.1) is 26.4 Å². The molecule has 0 fully saturated rings. The van der Waals surface area contributed by atoms with E-state index in [2.05, 4.69) is 43.1 Å². The molecule has 40 heavy (non-hydrogen) atoms. The molecule has 4 rings (SSSR count). The summed E-state index contributed by atoms with van der Waals surface area (Å²) in [6.45, 7) is 6.30. The lowest BCUT2D eigenvalue weighted by atomic mass is 10.2. The zero-order valence-electron chi connectivity index (χ0n) is 22.8. The van der Waals surface area contributed by atoms with Crippen LogP contribution in [-0.4, -0.2) is 73.7 Å². The summed E-state index contributed by atoms with van der Waals surface area (Å²) >= 11 is 0. The van der Waals surface area contributed by atoms with Crippen LogP contribution in [0.1, 0.15) is 35.7 Å². The lowest BCUT2D eigenvalue weighted by Crippen LogP contribution is -2.27. The van der Waals surface area contributed by atoms with Gasteiger partial charge in [-0.25, -0.2) is 0 Å². The lowest BCUT2D eigenvalue weighted by molar-refractivity contribution is 0.0519. The van der Waals surface area contributed by atoms with Crippen molar-refractivity contribution < 1.29 is 23.7 Å². The van der Waals surface area contributed by atoms with Crippen molar-refractivity contribution in [1.29, 1.82) is 0 Å². The van der Waals surface area contributed by atoms with Crippen molar-refractivity contribution in [2.45, 2.75) is 26.3 Å². The molecule has 0 saturated heterocycles. The van der Waals surface area contributed by atoms with Gasteiger partial charge in [0.2, 0.25) is 24.6 Å². The average Bonchev–Trinajstić information content (AvgIpc) is 3.47. The Labute approximate surface area is 234 Å². The van der Waals surface area contributed by atoms with Crippen molar-refractivity contribution in [3.63, 3.8) is 0 Å². The monoisotopic (exact) mass is 551 g/mol. The Hall–Kier alpha value is -4.16. The highest BCUT2D eigenvalue weighted by Crippen LogP contribution is 2.35. The van der Waals surface area contributed by atoms with Crippen molar-refractivity contribution in [1.82, 2.24) is 20.3 Å². The molecular weight excluding hydrogens is 514 g/mol. The number of carbonyl (C=O) groups excluding carboxylic acids is 1. The highest BCUT2D eigenvalue weighted by molar-refractivity contribution is 5.94. The zero-order chi connectivity index (χ0) is 27.8. The van der Waals surface area contributed by atoms with Crippen LogP contribution in [-0.2, 0) is 16.0 Å². The number of rotatable bonds is 18. The minimum Gasteiger partial charge on any atom is -0.454 e. The Bertz CT molecular complexity index is 1200. The Morgan fingerprint density at radius 3 is 2.25 bits per heavy atom. The smallest absolute Gasteiger partial charge is 0.251 e. The summed E-state index contributed by atoms with van der Waals surface area (Å²) in [5, 5.41) is 12.5. The largest absolute Gasteiger partial charge is 0.454 e. The molecule has 0 unspecified atom stereocenters. The van der Waals surface area contributed by atoms with Crippen LogP contribution in [0.3, 0.4) is 0 Å². The molecule has 1 aliphatic heterocycles. The summed E-state index contributed by atoms with van der Waals surface area (Å²) in [7, 11) is 0. The van der Waals surface area contributed by atoms with Crippen LogP contribution in [0.4, 0.5) is 17.8 Å². The van der Waals surface area contributed by atoms with E-state index in [0.29, 0.717) is 69.5 Å². The minimum absolute atomic E-state index is 0.112. The highest BCUT2D eigenvalue weighted by atomic mass is 16.7. The van der Waals surface area contributed by atoms with Crippen molar-refractivity contribution in [3.8, 4) is 11.5 Å². The number of hydrogen-bond acceptors (Lipinski definition) is 11. The first kappa shape index (κ1) is 28.8. The van der Waals surface area contributed by atoms with E-state index in [1.807, 2.05) is 36.4 Å². The van der Waals surface area contributed by atoms with Crippen LogP contribution in [0.2, 0.25) is 0 Å². The second-order valence-corrected chi connectivity index (χ2v) is 8.86. The topological polar surface area (TPSA) is 141 Å². The molecule has 214 valence electrons. The number of hydrogen-bond donors (Lipinski definition) is 4. The zero-order valence-corrected chi connectivity index (χ0v) is 22.8. The molecule has 0 saturated carbocycles. The highest BCUT2D eigenvalue weighted by Gasteiger charge is 2.17. The van der Waals surface area contributed by atoms with Gasteiger partial charge in [0.15, 0.2) is 11.5 Å². The summed E-state index contributed by atoms with van der Waals surface area (Å²) in [5.41, 5.74) is 1.59. The minimum atomic E-state index is -0.112. The third kappa shape index (κ3) is 9.24. The second kappa shape index (κ2) is 16.1. The molecule has 12 heteroatoms. The van der Waals surface area contributed by atoms with Crippen LogP contribution < -0.4 is 30.7 Å². The number of nitrogens with one attached hydrogen (secondary N) is 4. The molecule has 2 aromatic carbocycles. The molecule has 1 amide bonds. The Morgan fingerprint density at radius 1 is 0.800 bits per heavy atom. The average molecular weight is 552 g/mol. The predicted molar refractivity (Wildman–Crippen MR) is 152 cm³/mol. The summed E-state index contributed by atoms with van der Waals surface area (Å²) in [4.78, 5) is 25.5. The number of amides is 1. The number of para-hydroxylation sites is 1. The van der Waals surface area contributed by atoms with Gasteiger partial charge >= 0.3 is 0 Å². The molecule has 12 nitrogen and oxygen atoms in total. The number of ether oxygens (including phenoxy) is 4. The molecule has 1 aliphatic rings. The fourth-order valence-corrected chi connectivity index (χ4v) is 3.78. The van der Waals surface area contributed by atoms with Gasteiger partial charge in [0.1, 0.15) is 0 Å². The normalized spacial score (nSPS) is 11.7. The first-order chi connectivity index (χ1) is 19.7. The van der Waals surface area contributed by atoms with Crippen LogP contribution >= 0.6 is 0 Å². The molecular formula is C28H37N7O5. The van der Waals surface area contributed by atoms with Gasteiger partial charge < -0.3 is 40.2 Å². The van der Waals surface area contributed by atoms with E-state index >= 15 is 0 Å². The fourth-order valence-electron chi connectivity index (χ4n) is 3.78. The first-order valence-electron chi connectivity index (χ1n) is 13.6. The van der Waals surface area contributed by atoms with Gasteiger partial charge in [-0.1, -0.05) is 43.7 Å². The van der Waals surface area contributed by atoms with Crippen molar-refractivity contribution >= 4 is 23.8 Å². The van der Waals surface area contributed by atoms with Crippen LogP contribution in [0.25, 0.3) is 0 Å². The molecule has 0 spiro atoms. The van der Waals surface area contributed by atoms with Gasteiger partial charge in [-0.2, -0.15) is 15.0 Å². The van der Waals surface area contributed by atoms with Crippen molar-refractivity contribution in [3.05, 3.63) is 59.7 Å². The number of benzene rings is 2. The standard InChI is InChI=1S/C28H37N7O5/c1-2-3-12-30-26-33-27(35-28(34-26)32-19-22-10-7-11-23-24(22)40-20-39-23)31-14-16-38-18-17-37-15-13-29-25(36)21-8-5-4-6-9-21/h4-11H,2-3,12-20H2,1H3,(H,29,36)(H3,30,31,32,33,34,35). The number of unbranched alkanes of at least 4 members (excludes halogenated alkanes) is 1. The molecule has 0 aliphatic carbocycles. The Morgan fingerprint density at radius 2 is 1.50 bits per heavy atom.